The van der Waals surface area contributed by atoms with Gasteiger partial charge in [0.15, 0.2) is 0 Å². The van der Waals surface area contributed by atoms with Crippen LogP contribution in [0.3, 0.4) is 0 Å². The van der Waals surface area contributed by atoms with Gasteiger partial charge < -0.3 is 5.73 Å². The van der Waals surface area contributed by atoms with E-state index in [0.29, 0.717) is 5.56 Å². The normalized spacial score (nSPS) is 12.1. The summed E-state index contributed by atoms with van der Waals surface area (Å²) in [7, 11) is -1.89. The van der Waals surface area contributed by atoms with Crippen LogP contribution in [0.4, 0.5) is 0 Å². The predicted molar refractivity (Wildman–Crippen MR) is 77.2 cm³/mol. The Labute approximate surface area is 114 Å². The molecule has 0 amide bonds. The maximum atomic E-state index is 12.3. The highest BCUT2D eigenvalue weighted by Gasteiger charge is 2.23. The first-order valence-corrected chi connectivity index (χ1v) is 7.41. The fraction of sp³-hybridized carbons (Fsp3) is 0.417. The minimum atomic E-state index is -3.45. The number of benzene rings is 1. The molecule has 0 aromatic heterocycles. The number of rotatable bonds is 4. The number of aryl methyl sites for hydroxylation is 1. The van der Waals surface area contributed by atoms with Crippen molar-refractivity contribution < 1.29 is 8.42 Å². The molecule has 0 aliphatic heterocycles. The maximum absolute atomic E-state index is 12.3. The molecule has 4 nitrogen and oxygen atoms in total. The van der Waals surface area contributed by atoms with E-state index in [1.807, 2.05) is 13.8 Å². The second-order valence-corrected chi connectivity index (χ2v) is 6.89. The molecule has 0 bridgehead atoms. The van der Waals surface area contributed by atoms with Gasteiger partial charge in [0, 0.05) is 18.7 Å². The van der Waals surface area contributed by atoms with Crippen molar-refractivity contribution in [2.75, 3.05) is 7.05 Å². The van der Waals surface area contributed by atoms with Crippen LogP contribution in [-0.4, -0.2) is 30.8 Å². The summed E-state index contributed by atoms with van der Waals surface area (Å²) in [6, 6.07) is 4.70. The van der Waals surface area contributed by atoms with Gasteiger partial charge in [-0.1, -0.05) is 18.3 Å². The van der Waals surface area contributed by atoms with Crippen molar-refractivity contribution in [3.8, 4) is 0 Å². The molecule has 0 saturated heterocycles. The van der Waals surface area contributed by atoms with Crippen molar-refractivity contribution in [1.82, 2.24) is 4.31 Å². The molecule has 0 aliphatic carbocycles. The fourth-order valence-corrected chi connectivity index (χ4v) is 3.20. The number of thiocarbonyl (C=S) groups is 1. The third kappa shape index (κ3) is 2.88. The lowest BCUT2D eigenvalue weighted by Crippen LogP contribution is -2.33. The Bertz CT molecular complexity index is 565. The molecule has 18 heavy (non-hydrogen) atoms. The third-order valence-corrected chi connectivity index (χ3v) is 5.12. The first-order chi connectivity index (χ1) is 8.17. The largest absolute Gasteiger partial charge is 0.389 e. The van der Waals surface area contributed by atoms with Crippen molar-refractivity contribution in [3.63, 3.8) is 0 Å². The van der Waals surface area contributed by atoms with Crippen LogP contribution in [0.5, 0.6) is 0 Å². The van der Waals surface area contributed by atoms with E-state index in [0.717, 1.165) is 5.56 Å². The third-order valence-electron chi connectivity index (χ3n) is 2.87. The van der Waals surface area contributed by atoms with Crippen molar-refractivity contribution in [1.29, 1.82) is 0 Å². The zero-order chi connectivity index (χ0) is 14.1. The monoisotopic (exact) mass is 286 g/mol. The predicted octanol–water partition coefficient (Wildman–Crippen LogP) is 1.66. The van der Waals surface area contributed by atoms with Crippen LogP contribution in [0.25, 0.3) is 0 Å². The molecule has 1 aromatic rings. The Morgan fingerprint density at radius 3 is 2.33 bits per heavy atom. The van der Waals surface area contributed by atoms with Crippen molar-refractivity contribution in [2.45, 2.75) is 31.7 Å². The lowest BCUT2D eigenvalue weighted by Gasteiger charge is -2.21. The Balaban J connectivity index is 3.28. The second kappa shape index (κ2) is 5.34. The summed E-state index contributed by atoms with van der Waals surface area (Å²) in [6.45, 7) is 5.45. The molecule has 0 atom stereocenters. The molecule has 0 unspecified atom stereocenters. The molecule has 1 aromatic carbocycles. The van der Waals surface area contributed by atoms with E-state index in [-0.39, 0.29) is 15.9 Å². The van der Waals surface area contributed by atoms with E-state index in [9.17, 15) is 8.42 Å². The lowest BCUT2D eigenvalue weighted by molar-refractivity contribution is 0.410. The van der Waals surface area contributed by atoms with Crippen LogP contribution in [0.15, 0.2) is 23.1 Å². The van der Waals surface area contributed by atoms with E-state index >= 15 is 0 Å². The average Bonchev–Trinajstić information content (AvgIpc) is 2.27. The van der Waals surface area contributed by atoms with Crippen molar-refractivity contribution in [3.05, 3.63) is 29.3 Å². The lowest BCUT2D eigenvalue weighted by atomic mass is 10.1. The molecule has 6 heteroatoms. The van der Waals surface area contributed by atoms with Crippen LogP contribution >= 0.6 is 12.2 Å². The first kappa shape index (κ1) is 15.1. The van der Waals surface area contributed by atoms with E-state index in [4.69, 9.17) is 18.0 Å². The van der Waals surface area contributed by atoms with Gasteiger partial charge in [-0.25, -0.2) is 8.42 Å². The Morgan fingerprint density at radius 2 is 1.94 bits per heavy atom. The standard InChI is InChI=1S/C12H18N2O2S2/c1-8(2)14(4)18(15,16)10-5-6-11(12(13)17)9(3)7-10/h5-8H,1-4H3,(H2,13,17). The van der Waals surface area contributed by atoms with E-state index in [2.05, 4.69) is 0 Å². The van der Waals surface area contributed by atoms with Crippen LogP contribution in [0.2, 0.25) is 0 Å². The fourth-order valence-electron chi connectivity index (χ4n) is 1.52. The Morgan fingerprint density at radius 1 is 1.39 bits per heavy atom. The number of nitrogens with zero attached hydrogens (tertiary/aromatic N) is 1. The molecular formula is C12H18N2O2S2. The van der Waals surface area contributed by atoms with Crippen LogP contribution in [-0.2, 0) is 10.0 Å². The summed E-state index contributed by atoms with van der Waals surface area (Å²) in [6.07, 6.45) is 0. The molecule has 0 heterocycles. The van der Waals surface area contributed by atoms with E-state index in [1.165, 1.54) is 10.4 Å². The summed E-state index contributed by atoms with van der Waals surface area (Å²) in [5.41, 5.74) is 7.02. The van der Waals surface area contributed by atoms with E-state index in [1.54, 1.807) is 26.1 Å². The zero-order valence-corrected chi connectivity index (χ0v) is 12.6. The van der Waals surface area contributed by atoms with Crippen molar-refractivity contribution >= 4 is 27.2 Å². The van der Waals surface area contributed by atoms with Crippen LogP contribution in [0, 0.1) is 6.92 Å². The van der Waals surface area contributed by atoms with Crippen LogP contribution < -0.4 is 5.73 Å². The molecule has 0 radical (unpaired) electrons. The van der Waals surface area contributed by atoms with Crippen LogP contribution in [0.1, 0.15) is 25.0 Å². The van der Waals surface area contributed by atoms with Gasteiger partial charge in [-0.05, 0) is 38.5 Å². The molecule has 0 fully saturated rings. The minimum Gasteiger partial charge on any atom is -0.389 e. The molecule has 2 N–H and O–H groups in total. The number of hydrogen-bond donors (Lipinski definition) is 1. The van der Waals surface area contributed by atoms with Gasteiger partial charge in [0.2, 0.25) is 10.0 Å². The molecule has 0 spiro atoms. The SMILES string of the molecule is Cc1cc(S(=O)(=O)N(C)C(C)C)ccc1C(N)=S. The molecule has 0 saturated carbocycles. The van der Waals surface area contributed by atoms with E-state index < -0.39 is 10.0 Å². The number of sulfonamides is 1. The molecule has 1 rings (SSSR count). The second-order valence-electron chi connectivity index (χ2n) is 4.46. The van der Waals surface area contributed by atoms with Gasteiger partial charge in [0.25, 0.3) is 0 Å². The Kier molecular flexibility index (Phi) is 4.47. The van der Waals surface area contributed by atoms with Gasteiger partial charge in [0.05, 0.1) is 4.90 Å². The molecular weight excluding hydrogens is 268 g/mol. The summed E-state index contributed by atoms with van der Waals surface area (Å²) < 4.78 is 25.9. The number of hydrogen-bond acceptors (Lipinski definition) is 3. The summed E-state index contributed by atoms with van der Waals surface area (Å²) in [5.74, 6) is 0. The quantitative estimate of drug-likeness (QED) is 0.855. The Hall–Kier alpha value is -0.980. The molecule has 100 valence electrons. The highest BCUT2D eigenvalue weighted by atomic mass is 32.2. The summed E-state index contributed by atoms with van der Waals surface area (Å²) >= 11 is 4.90. The van der Waals surface area contributed by atoms with Gasteiger partial charge in [-0.2, -0.15) is 4.31 Å². The van der Waals surface area contributed by atoms with Crippen molar-refractivity contribution in [2.24, 2.45) is 5.73 Å². The topological polar surface area (TPSA) is 63.4 Å². The zero-order valence-electron chi connectivity index (χ0n) is 11.0. The van der Waals surface area contributed by atoms with Gasteiger partial charge in [-0.3, -0.25) is 0 Å². The smallest absolute Gasteiger partial charge is 0.243 e. The number of nitrogens with two attached hydrogens (primary N) is 1. The maximum Gasteiger partial charge on any atom is 0.243 e. The first-order valence-electron chi connectivity index (χ1n) is 5.56. The van der Waals surface area contributed by atoms with Gasteiger partial charge >= 0.3 is 0 Å². The summed E-state index contributed by atoms with van der Waals surface area (Å²) in [4.78, 5) is 0.532. The van der Waals surface area contributed by atoms with Gasteiger partial charge in [-0.15, -0.1) is 0 Å². The highest BCUT2D eigenvalue weighted by molar-refractivity contribution is 7.89. The summed E-state index contributed by atoms with van der Waals surface area (Å²) in [5, 5.41) is 0. The molecule has 0 aliphatic rings. The average molecular weight is 286 g/mol. The minimum absolute atomic E-state index is 0.0921. The highest BCUT2D eigenvalue weighted by Crippen LogP contribution is 2.20. The van der Waals surface area contributed by atoms with Gasteiger partial charge in [0.1, 0.15) is 4.99 Å².